The molecule has 0 spiro atoms. The van der Waals surface area contributed by atoms with Crippen LogP contribution >= 0.6 is 23.2 Å². The number of hydrogen-bond donors (Lipinski definition) is 6. The summed E-state index contributed by atoms with van der Waals surface area (Å²) in [5.74, 6) is -0.795. The van der Waals surface area contributed by atoms with Crippen LogP contribution in [-0.2, 0) is 67.0 Å². The zero-order valence-corrected chi connectivity index (χ0v) is 49.2. The highest BCUT2D eigenvalue weighted by Crippen LogP contribution is 2.42. The minimum Gasteiger partial charge on any atom is -0.508 e. The summed E-state index contributed by atoms with van der Waals surface area (Å²) < 4.78 is 61.8. The summed E-state index contributed by atoms with van der Waals surface area (Å²) in [5.41, 5.74) is 4.21. The summed E-state index contributed by atoms with van der Waals surface area (Å²) in [6, 6.07) is 21.8. The number of piperidine rings is 1. The lowest BCUT2D eigenvalue weighted by molar-refractivity contribution is -0.136. The van der Waals surface area contributed by atoms with Gasteiger partial charge in [0.2, 0.25) is 17.8 Å². The SMILES string of the molecule is O=C1CCC(N2Cc3cc(CNC(=O)Nc4cc(Cl)cc(CCOCCOCCOCCOCCOCCOCCOCCOCCNc5nc(N6CCNCC6)c6cc(Cl)c(-c7cc(O)cc8ccccc78)c(F)c6n5)c4)ccc3C2=O)C(=O)N1. The van der Waals surface area contributed by atoms with Crippen molar-refractivity contribution in [2.75, 3.05) is 154 Å². The van der Waals surface area contributed by atoms with Gasteiger partial charge in [0.15, 0.2) is 5.82 Å². The predicted molar refractivity (Wildman–Crippen MR) is 323 cm³/mol. The van der Waals surface area contributed by atoms with Gasteiger partial charge in [-0.1, -0.05) is 59.6 Å². The van der Waals surface area contributed by atoms with E-state index in [1.807, 2.05) is 42.5 Å². The van der Waals surface area contributed by atoms with Crippen molar-refractivity contribution in [3.63, 3.8) is 0 Å². The van der Waals surface area contributed by atoms with Gasteiger partial charge in [-0.2, -0.15) is 4.98 Å². The number of halogens is 3. The second-order valence-corrected chi connectivity index (χ2v) is 21.2. The van der Waals surface area contributed by atoms with Gasteiger partial charge in [-0.15, -0.1) is 0 Å². The molecule has 86 heavy (non-hydrogen) atoms. The Morgan fingerprint density at radius 1 is 0.698 bits per heavy atom. The van der Waals surface area contributed by atoms with Crippen LogP contribution in [-0.4, -0.2) is 188 Å². The third kappa shape index (κ3) is 18.1. The molecule has 6 aromatic rings. The molecule has 6 N–H and O–H groups in total. The topological polar surface area (TPSA) is 255 Å². The van der Waals surface area contributed by atoms with Gasteiger partial charge in [0.1, 0.15) is 23.1 Å². The van der Waals surface area contributed by atoms with Crippen molar-refractivity contribution >= 4 is 86.1 Å². The van der Waals surface area contributed by atoms with Crippen molar-refractivity contribution in [2.24, 2.45) is 0 Å². The van der Waals surface area contributed by atoms with Crippen molar-refractivity contribution in [3.05, 3.63) is 117 Å². The van der Waals surface area contributed by atoms with Crippen LogP contribution in [0.5, 0.6) is 5.75 Å². The lowest BCUT2D eigenvalue weighted by atomic mass is 9.96. The van der Waals surface area contributed by atoms with E-state index < -0.39 is 23.8 Å². The summed E-state index contributed by atoms with van der Waals surface area (Å²) in [4.78, 5) is 62.8. The molecule has 0 radical (unpaired) electrons. The van der Waals surface area contributed by atoms with Gasteiger partial charge < -0.3 is 74.1 Å². The number of urea groups is 1. The molecule has 1 unspecified atom stereocenters. The summed E-state index contributed by atoms with van der Waals surface area (Å²) in [7, 11) is 0. The molecule has 1 aromatic heterocycles. The van der Waals surface area contributed by atoms with Crippen LogP contribution in [0.4, 0.5) is 26.6 Å². The van der Waals surface area contributed by atoms with E-state index in [1.54, 1.807) is 30.3 Å². The highest BCUT2D eigenvalue weighted by Gasteiger charge is 2.39. The van der Waals surface area contributed by atoms with Crippen LogP contribution in [0.15, 0.2) is 78.9 Å². The lowest BCUT2D eigenvalue weighted by Crippen LogP contribution is -2.52. The minimum atomic E-state index is -0.695. The average Bonchev–Trinajstić information content (AvgIpc) is 0.908. The molecule has 25 heteroatoms. The normalized spacial score (nSPS) is 15.2. The predicted octanol–water partition coefficient (Wildman–Crippen LogP) is 6.88. The molecule has 22 nitrogen and oxygen atoms in total. The van der Waals surface area contributed by atoms with Crippen LogP contribution in [0.3, 0.4) is 0 Å². The van der Waals surface area contributed by atoms with Crippen molar-refractivity contribution in [2.45, 2.75) is 38.4 Å². The van der Waals surface area contributed by atoms with Gasteiger partial charge in [-0.3, -0.25) is 19.7 Å². The van der Waals surface area contributed by atoms with E-state index in [1.165, 1.54) is 11.0 Å². The molecule has 2 saturated heterocycles. The Morgan fingerprint density at radius 2 is 1.34 bits per heavy atom. The first kappa shape index (κ1) is 63.6. The maximum absolute atomic E-state index is 16.7. The molecule has 9 rings (SSSR count). The van der Waals surface area contributed by atoms with Gasteiger partial charge in [-0.05, 0) is 88.3 Å². The van der Waals surface area contributed by atoms with Gasteiger partial charge in [-0.25, -0.2) is 14.2 Å². The van der Waals surface area contributed by atoms with E-state index in [4.69, 9.17) is 66.1 Å². The van der Waals surface area contributed by atoms with Crippen LogP contribution in [0.1, 0.15) is 39.9 Å². The fourth-order valence-corrected chi connectivity index (χ4v) is 10.7. The van der Waals surface area contributed by atoms with E-state index in [0.717, 1.165) is 40.6 Å². The number of piperazine rings is 1. The van der Waals surface area contributed by atoms with Crippen LogP contribution in [0, 0.1) is 5.82 Å². The molecule has 0 aliphatic carbocycles. The highest BCUT2D eigenvalue weighted by molar-refractivity contribution is 6.35. The Labute approximate surface area is 507 Å². The van der Waals surface area contributed by atoms with Gasteiger partial charge in [0, 0.05) is 79.5 Å². The molecule has 460 valence electrons. The average molecular weight is 1230 g/mol. The number of hydrogen-bond acceptors (Lipinski definition) is 18. The first-order chi connectivity index (χ1) is 42.0. The Morgan fingerprint density at radius 3 is 2.00 bits per heavy atom. The number of imide groups is 1. The molecule has 3 aliphatic heterocycles. The zero-order valence-electron chi connectivity index (χ0n) is 47.7. The molecular weight excluding hydrogens is 1160 g/mol. The van der Waals surface area contributed by atoms with Gasteiger partial charge >= 0.3 is 6.03 Å². The maximum Gasteiger partial charge on any atom is 0.319 e. The molecule has 2 fully saturated rings. The number of ether oxygens (including phenoxy) is 8. The smallest absolute Gasteiger partial charge is 0.319 e. The Bertz CT molecular complexity index is 3290. The molecular formula is C61H72Cl2FN9O13. The minimum absolute atomic E-state index is 0.00463. The lowest BCUT2D eigenvalue weighted by Gasteiger charge is -2.29. The molecule has 5 aromatic carbocycles. The summed E-state index contributed by atoms with van der Waals surface area (Å²) >= 11 is 13.2. The number of anilines is 3. The number of carbonyl (C=O) groups is 4. The standard InChI is InChI=1S/C61H72Cl2FN9O13/c62-44-32-40(33-45(35-44)68-61(78)67-38-41-5-6-48-43(31-41)39-73(59(48)77)52-7-8-53(75)69-58(52)76)9-15-79-17-19-81-21-23-83-25-27-85-29-30-86-28-26-84-24-22-82-20-18-80-16-12-66-60-70-56-50(57(71-60)72-13-10-65-11-14-72)37-51(63)54(55(56)64)49-36-46(74)34-42-3-1-2-4-47(42)49/h1-6,31-37,52,65,74H,7-30,38-39H2,(H,66,70,71)(H2,67,68,78)(H,69,75,76). The number of benzene rings is 5. The number of rotatable bonds is 34. The quantitative estimate of drug-likeness (QED) is 0.0178. The van der Waals surface area contributed by atoms with E-state index >= 15 is 4.39 Å². The second kappa shape index (κ2) is 32.8. The van der Waals surface area contributed by atoms with Crippen LogP contribution in [0.25, 0.3) is 32.8 Å². The van der Waals surface area contributed by atoms with Crippen molar-refractivity contribution in [1.29, 1.82) is 0 Å². The molecule has 0 saturated carbocycles. The molecule has 0 bridgehead atoms. The van der Waals surface area contributed by atoms with Gasteiger partial charge in [0.25, 0.3) is 5.91 Å². The van der Waals surface area contributed by atoms with Crippen LogP contribution < -0.4 is 31.5 Å². The van der Waals surface area contributed by atoms with E-state index in [0.29, 0.717) is 165 Å². The fraction of sp³-hybridized carbons (Fsp3) is 0.443. The van der Waals surface area contributed by atoms with E-state index in [2.05, 4.69) is 36.5 Å². The fourth-order valence-electron chi connectivity index (χ4n) is 10.2. The Hall–Kier alpha value is -6.87. The Kier molecular flexibility index (Phi) is 24.2. The van der Waals surface area contributed by atoms with Crippen molar-refractivity contribution in [3.8, 4) is 16.9 Å². The first-order valence-corrected chi connectivity index (χ1v) is 29.6. The zero-order chi connectivity index (χ0) is 60.0. The number of aromatic hydroxyl groups is 1. The van der Waals surface area contributed by atoms with E-state index in [-0.39, 0.29) is 65.5 Å². The maximum atomic E-state index is 16.7. The van der Waals surface area contributed by atoms with Crippen molar-refractivity contribution in [1.82, 2.24) is 30.8 Å². The van der Waals surface area contributed by atoms with Gasteiger partial charge in [0.05, 0.1) is 111 Å². The molecule has 1 atom stereocenters. The number of amides is 5. The largest absolute Gasteiger partial charge is 0.508 e. The number of phenols is 1. The third-order valence-electron chi connectivity index (χ3n) is 14.3. The number of nitrogens with zero attached hydrogens (tertiary/aromatic N) is 4. The Balaban J connectivity index is 0.541. The van der Waals surface area contributed by atoms with E-state index in [9.17, 15) is 24.3 Å². The number of carbonyl (C=O) groups excluding carboxylic acids is 4. The summed E-state index contributed by atoms with van der Waals surface area (Å²) in [5, 5.41) is 27.7. The monoisotopic (exact) mass is 1230 g/mol. The third-order valence-corrected chi connectivity index (χ3v) is 14.8. The molecule has 4 heterocycles. The summed E-state index contributed by atoms with van der Waals surface area (Å²) in [6.45, 7) is 10.3. The number of aromatic nitrogens is 2. The number of nitrogens with one attached hydrogen (secondary N) is 5. The number of phenolic OH excluding ortho intramolecular Hbond substituents is 1. The molecule has 3 aliphatic rings. The summed E-state index contributed by atoms with van der Waals surface area (Å²) in [6.07, 6.45) is 1.04. The van der Waals surface area contributed by atoms with Crippen LogP contribution in [0.2, 0.25) is 10.0 Å². The molecule has 5 amide bonds. The second-order valence-electron chi connectivity index (χ2n) is 20.4. The number of fused-ring (bicyclic) bond motifs is 3. The highest BCUT2D eigenvalue weighted by atomic mass is 35.5. The van der Waals surface area contributed by atoms with Crippen molar-refractivity contribution < 1.29 is 66.6 Å². The first-order valence-electron chi connectivity index (χ1n) is 28.8.